The molecule has 1 saturated heterocycles. The van der Waals surface area contributed by atoms with Crippen LogP contribution in [0.1, 0.15) is 24.1 Å². The van der Waals surface area contributed by atoms with Gasteiger partial charge in [0.05, 0.1) is 12.2 Å². The van der Waals surface area contributed by atoms with E-state index in [1.807, 2.05) is 19.1 Å². The summed E-state index contributed by atoms with van der Waals surface area (Å²) in [5.74, 6) is 0.476. The van der Waals surface area contributed by atoms with Crippen LogP contribution < -0.4 is 5.32 Å². The van der Waals surface area contributed by atoms with Gasteiger partial charge in [-0.1, -0.05) is 0 Å². The lowest BCUT2D eigenvalue weighted by Crippen LogP contribution is -2.25. The van der Waals surface area contributed by atoms with Crippen molar-refractivity contribution in [1.82, 2.24) is 10.3 Å². The van der Waals surface area contributed by atoms with Crippen LogP contribution in [0.15, 0.2) is 18.3 Å². The molecule has 1 aliphatic rings. The third-order valence-corrected chi connectivity index (χ3v) is 2.94. The number of amides is 1. The number of nitrogens with zero attached hydrogens (tertiary/aromatic N) is 1. The van der Waals surface area contributed by atoms with Crippen molar-refractivity contribution < 1.29 is 9.53 Å². The monoisotopic (exact) mass is 234 g/mol. The highest BCUT2D eigenvalue weighted by atomic mass is 16.5. The lowest BCUT2D eigenvalue weighted by atomic mass is 10.1. The summed E-state index contributed by atoms with van der Waals surface area (Å²) in [5.41, 5.74) is 2.06. The van der Waals surface area contributed by atoms with Gasteiger partial charge >= 0.3 is 0 Å². The molecular weight excluding hydrogens is 216 g/mol. The molecule has 0 saturated carbocycles. The molecule has 1 fully saturated rings. The Hall–Kier alpha value is -1.42. The molecule has 2 heterocycles. The van der Waals surface area contributed by atoms with E-state index in [2.05, 4.69) is 10.3 Å². The van der Waals surface area contributed by atoms with Crippen LogP contribution in [-0.4, -0.2) is 24.1 Å². The maximum atomic E-state index is 11.7. The van der Waals surface area contributed by atoms with Crippen LogP contribution in [0.5, 0.6) is 0 Å². The first kappa shape index (κ1) is 12.0. The lowest BCUT2D eigenvalue weighted by molar-refractivity contribution is -0.122. The minimum Gasteiger partial charge on any atom is -0.381 e. The molecular formula is C13H18N2O2. The van der Waals surface area contributed by atoms with Gasteiger partial charge in [-0.2, -0.15) is 0 Å². The highest BCUT2D eigenvalue weighted by Gasteiger charge is 2.18. The Morgan fingerprint density at radius 2 is 2.53 bits per heavy atom. The van der Waals surface area contributed by atoms with Crippen molar-refractivity contribution in [1.29, 1.82) is 0 Å². The van der Waals surface area contributed by atoms with E-state index in [0.717, 1.165) is 30.9 Å². The second-order valence-corrected chi connectivity index (χ2v) is 4.53. The van der Waals surface area contributed by atoms with Crippen LogP contribution >= 0.6 is 0 Å². The summed E-state index contributed by atoms with van der Waals surface area (Å²) in [6.07, 6.45) is 3.32. The minimum absolute atomic E-state index is 0.0869. The van der Waals surface area contributed by atoms with Gasteiger partial charge < -0.3 is 10.1 Å². The Morgan fingerprint density at radius 3 is 3.24 bits per heavy atom. The van der Waals surface area contributed by atoms with E-state index in [1.165, 1.54) is 0 Å². The number of pyridine rings is 1. The number of ether oxygens (including phenoxy) is 1. The van der Waals surface area contributed by atoms with Crippen molar-refractivity contribution in [3.8, 4) is 0 Å². The summed E-state index contributed by atoms with van der Waals surface area (Å²) in [7, 11) is 0. The molecule has 1 atom stereocenters. The van der Waals surface area contributed by atoms with Crippen molar-refractivity contribution in [2.24, 2.45) is 5.92 Å². The average Bonchev–Trinajstić information content (AvgIpc) is 2.79. The summed E-state index contributed by atoms with van der Waals surface area (Å²) in [5, 5.41) is 2.90. The largest absolute Gasteiger partial charge is 0.381 e. The molecule has 1 aromatic heterocycles. The number of hydrogen-bond acceptors (Lipinski definition) is 3. The fourth-order valence-corrected chi connectivity index (χ4v) is 1.96. The number of aromatic nitrogens is 1. The molecule has 17 heavy (non-hydrogen) atoms. The number of carbonyl (C=O) groups is 1. The van der Waals surface area contributed by atoms with Crippen molar-refractivity contribution in [2.45, 2.75) is 26.3 Å². The molecule has 0 bridgehead atoms. The number of aryl methyl sites for hydroxylation is 1. The number of rotatable bonds is 4. The van der Waals surface area contributed by atoms with Crippen LogP contribution in [-0.2, 0) is 16.1 Å². The van der Waals surface area contributed by atoms with E-state index >= 15 is 0 Å². The van der Waals surface area contributed by atoms with Gasteiger partial charge in [0.25, 0.3) is 0 Å². The molecule has 1 amide bonds. The molecule has 1 aliphatic heterocycles. The van der Waals surface area contributed by atoms with E-state index in [4.69, 9.17) is 4.74 Å². The van der Waals surface area contributed by atoms with E-state index < -0.39 is 0 Å². The van der Waals surface area contributed by atoms with Crippen LogP contribution in [0.2, 0.25) is 0 Å². The Bertz CT molecular complexity index is 387. The predicted octanol–water partition coefficient (Wildman–Crippen LogP) is 1.43. The van der Waals surface area contributed by atoms with Crippen molar-refractivity contribution >= 4 is 5.91 Å². The lowest BCUT2D eigenvalue weighted by Gasteiger charge is -2.08. The molecule has 2 rings (SSSR count). The topological polar surface area (TPSA) is 51.2 Å². The Balaban J connectivity index is 1.75. The standard InChI is InChI=1S/C13H18N2O2/c1-10-2-4-14-12(6-10)8-15-13(16)7-11-3-5-17-9-11/h2,4,6,11H,3,5,7-9H2,1H3,(H,15,16)/t11-/m1/s1. The highest BCUT2D eigenvalue weighted by Crippen LogP contribution is 2.15. The maximum absolute atomic E-state index is 11.7. The maximum Gasteiger partial charge on any atom is 0.220 e. The quantitative estimate of drug-likeness (QED) is 0.857. The smallest absolute Gasteiger partial charge is 0.220 e. The molecule has 4 nitrogen and oxygen atoms in total. The van der Waals surface area contributed by atoms with Gasteiger partial charge in [-0.3, -0.25) is 9.78 Å². The summed E-state index contributed by atoms with van der Waals surface area (Å²) >= 11 is 0. The number of nitrogens with one attached hydrogen (secondary N) is 1. The van der Waals surface area contributed by atoms with E-state index in [1.54, 1.807) is 6.20 Å². The van der Waals surface area contributed by atoms with Gasteiger partial charge in [0.15, 0.2) is 0 Å². The molecule has 1 aromatic rings. The van der Waals surface area contributed by atoms with E-state index in [0.29, 0.717) is 18.9 Å². The number of hydrogen-bond donors (Lipinski definition) is 1. The first-order valence-electron chi connectivity index (χ1n) is 6.00. The van der Waals surface area contributed by atoms with Gasteiger partial charge in [0, 0.05) is 25.8 Å². The first-order chi connectivity index (χ1) is 8.24. The molecule has 4 heteroatoms. The van der Waals surface area contributed by atoms with Crippen LogP contribution in [0, 0.1) is 12.8 Å². The Kier molecular flexibility index (Phi) is 4.09. The highest BCUT2D eigenvalue weighted by molar-refractivity contribution is 5.76. The van der Waals surface area contributed by atoms with Gasteiger partial charge in [-0.25, -0.2) is 0 Å². The molecule has 0 aromatic carbocycles. The predicted molar refractivity (Wildman–Crippen MR) is 64.4 cm³/mol. The molecule has 0 spiro atoms. The van der Waals surface area contributed by atoms with Gasteiger partial charge in [0.2, 0.25) is 5.91 Å². The molecule has 1 N–H and O–H groups in total. The zero-order chi connectivity index (χ0) is 12.1. The third-order valence-electron chi connectivity index (χ3n) is 2.94. The second-order valence-electron chi connectivity index (χ2n) is 4.53. The minimum atomic E-state index is 0.0869. The zero-order valence-electron chi connectivity index (χ0n) is 10.1. The van der Waals surface area contributed by atoms with Crippen LogP contribution in [0.25, 0.3) is 0 Å². The van der Waals surface area contributed by atoms with Gasteiger partial charge in [0.1, 0.15) is 0 Å². The summed E-state index contributed by atoms with van der Waals surface area (Å²) < 4.78 is 5.24. The average molecular weight is 234 g/mol. The van der Waals surface area contributed by atoms with Crippen LogP contribution in [0.3, 0.4) is 0 Å². The SMILES string of the molecule is Cc1ccnc(CNC(=O)C[C@H]2CCOC2)c1. The summed E-state index contributed by atoms with van der Waals surface area (Å²) in [6, 6.07) is 3.93. The number of carbonyl (C=O) groups excluding carboxylic acids is 1. The van der Waals surface area contributed by atoms with Crippen molar-refractivity contribution in [3.05, 3.63) is 29.6 Å². The normalized spacial score (nSPS) is 19.2. The van der Waals surface area contributed by atoms with Crippen molar-refractivity contribution in [2.75, 3.05) is 13.2 Å². The summed E-state index contributed by atoms with van der Waals surface area (Å²) in [6.45, 7) is 4.03. The molecule has 0 radical (unpaired) electrons. The van der Waals surface area contributed by atoms with Crippen molar-refractivity contribution in [3.63, 3.8) is 0 Å². The zero-order valence-corrected chi connectivity index (χ0v) is 10.1. The molecule has 0 unspecified atom stereocenters. The first-order valence-corrected chi connectivity index (χ1v) is 6.00. The molecule has 92 valence electrons. The second kappa shape index (κ2) is 5.77. The van der Waals surface area contributed by atoms with Crippen LogP contribution in [0.4, 0.5) is 0 Å². The fourth-order valence-electron chi connectivity index (χ4n) is 1.96. The van der Waals surface area contributed by atoms with E-state index in [9.17, 15) is 4.79 Å². The fraction of sp³-hybridized carbons (Fsp3) is 0.538. The summed E-state index contributed by atoms with van der Waals surface area (Å²) in [4.78, 5) is 15.9. The van der Waals surface area contributed by atoms with Gasteiger partial charge in [-0.15, -0.1) is 0 Å². The Morgan fingerprint density at radius 1 is 1.65 bits per heavy atom. The van der Waals surface area contributed by atoms with E-state index in [-0.39, 0.29) is 5.91 Å². The third kappa shape index (κ3) is 3.82. The Labute approximate surface area is 101 Å². The molecule has 0 aliphatic carbocycles. The van der Waals surface area contributed by atoms with Gasteiger partial charge in [-0.05, 0) is 37.0 Å².